The van der Waals surface area contributed by atoms with E-state index in [4.69, 9.17) is 0 Å². The summed E-state index contributed by atoms with van der Waals surface area (Å²) in [6.07, 6.45) is 3.30. The number of nitrogens with zero attached hydrogens (tertiary/aromatic N) is 4. The van der Waals surface area contributed by atoms with E-state index < -0.39 is 0 Å². The Morgan fingerprint density at radius 2 is 2.16 bits per heavy atom. The van der Waals surface area contributed by atoms with Crippen LogP contribution in [0.5, 0.6) is 0 Å². The van der Waals surface area contributed by atoms with Gasteiger partial charge in [0.1, 0.15) is 17.5 Å². The molecule has 6 nitrogen and oxygen atoms in total. The van der Waals surface area contributed by atoms with Crippen LogP contribution in [0, 0.1) is 12.8 Å². The second-order valence-electron chi connectivity index (χ2n) is 6.99. The van der Waals surface area contributed by atoms with E-state index in [9.17, 15) is 4.79 Å². The molecule has 1 aliphatic rings. The van der Waals surface area contributed by atoms with Crippen molar-refractivity contribution in [2.24, 2.45) is 5.92 Å². The van der Waals surface area contributed by atoms with Gasteiger partial charge >= 0.3 is 0 Å². The molecule has 2 aromatic rings. The monoisotopic (exact) mass is 339 g/mol. The van der Waals surface area contributed by atoms with Crippen LogP contribution in [0.3, 0.4) is 0 Å². The molecule has 1 amide bonds. The van der Waals surface area contributed by atoms with Crippen LogP contribution in [0.25, 0.3) is 0 Å². The maximum atomic E-state index is 12.3. The molecule has 1 N–H and O–H groups in total. The minimum Gasteiger partial charge on any atom is -0.342 e. The Kier molecular flexibility index (Phi) is 5.26. The maximum Gasteiger partial charge on any atom is 0.222 e. The lowest BCUT2D eigenvalue weighted by Crippen LogP contribution is -2.29. The third-order valence-electron chi connectivity index (χ3n) is 4.32. The molecule has 1 unspecified atom stereocenters. The maximum absolute atomic E-state index is 12.3. The number of carbonyl (C=O) groups excluding carboxylic acids is 1. The molecule has 3 rings (SSSR count). The van der Waals surface area contributed by atoms with Crippen LogP contribution >= 0.6 is 0 Å². The molecule has 25 heavy (non-hydrogen) atoms. The molecule has 0 radical (unpaired) electrons. The molecule has 1 fully saturated rings. The number of likely N-dealkylation sites (tertiary alicyclic amines) is 1. The second kappa shape index (κ2) is 7.59. The van der Waals surface area contributed by atoms with E-state index in [1.165, 1.54) is 0 Å². The molecule has 0 aromatic carbocycles. The molecule has 2 aromatic heterocycles. The summed E-state index contributed by atoms with van der Waals surface area (Å²) in [7, 11) is 0. The first-order valence-corrected chi connectivity index (χ1v) is 8.82. The lowest BCUT2D eigenvalue weighted by molar-refractivity contribution is -0.130. The molecule has 0 bridgehead atoms. The molecule has 0 saturated carbocycles. The van der Waals surface area contributed by atoms with E-state index in [-0.39, 0.29) is 11.8 Å². The highest BCUT2D eigenvalue weighted by atomic mass is 16.2. The Morgan fingerprint density at radius 3 is 2.88 bits per heavy atom. The van der Waals surface area contributed by atoms with Crippen LogP contribution in [0.2, 0.25) is 0 Å². The number of carbonyl (C=O) groups is 1. The van der Waals surface area contributed by atoms with Gasteiger partial charge in [-0.25, -0.2) is 15.0 Å². The van der Waals surface area contributed by atoms with Crippen molar-refractivity contribution in [1.29, 1.82) is 0 Å². The van der Waals surface area contributed by atoms with Crippen molar-refractivity contribution in [3.8, 4) is 0 Å². The third kappa shape index (κ3) is 4.53. The molecule has 0 spiro atoms. The number of hydrogen-bond acceptors (Lipinski definition) is 5. The van der Waals surface area contributed by atoms with Crippen LogP contribution in [0.1, 0.15) is 44.1 Å². The highest BCUT2D eigenvalue weighted by Crippen LogP contribution is 2.28. The zero-order valence-electron chi connectivity index (χ0n) is 15.1. The van der Waals surface area contributed by atoms with Gasteiger partial charge in [0.15, 0.2) is 0 Å². The molecular weight excluding hydrogens is 314 g/mol. The topological polar surface area (TPSA) is 71.0 Å². The largest absolute Gasteiger partial charge is 0.342 e. The molecule has 6 heteroatoms. The average Bonchev–Trinajstić information content (AvgIpc) is 3.05. The average molecular weight is 339 g/mol. The van der Waals surface area contributed by atoms with Gasteiger partial charge < -0.3 is 10.2 Å². The van der Waals surface area contributed by atoms with Crippen LogP contribution in [0.4, 0.5) is 11.6 Å². The van der Waals surface area contributed by atoms with Crippen molar-refractivity contribution in [3.05, 3.63) is 42.0 Å². The van der Waals surface area contributed by atoms with E-state index in [1.807, 2.05) is 36.1 Å². The highest BCUT2D eigenvalue weighted by molar-refractivity contribution is 5.76. The number of aromatic nitrogens is 3. The zero-order valence-corrected chi connectivity index (χ0v) is 15.1. The zero-order chi connectivity index (χ0) is 17.8. The Bertz CT molecular complexity index is 732. The number of aryl methyl sites for hydroxylation is 1. The summed E-state index contributed by atoms with van der Waals surface area (Å²) in [5.74, 6) is 3.13. The third-order valence-corrected chi connectivity index (χ3v) is 4.32. The molecule has 0 aliphatic carbocycles. The smallest absolute Gasteiger partial charge is 0.222 e. The number of anilines is 2. The summed E-state index contributed by atoms with van der Waals surface area (Å²) >= 11 is 0. The lowest BCUT2D eigenvalue weighted by atomic mass is 10.0. The first kappa shape index (κ1) is 17.3. The summed E-state index contributed by atoms with van der Waals surface area (Å²) in [4.78, 5) is 27.6. The Hall–Kier alpha value is -2.50. The Morgan fingerprint density at radius 1 is 1.32 bits per heavy atom. The predicted molar refractivity (Wildman–Crippen MR) is 97.7 cm³/mol. The number of nitrogens with one attached hydrogen (secondary N) is 1. The normalized spacial score (nSPS) is 17.1. The van der Waals surface area contributed by atoms with Crippen LogP contribution < -0.4 is 5.32 Å². The summed E-state index contributed by atoms with van der Waals surface area (Å²) in [6, 6.07) is 7.68. The first-order valence-electron chi connectivity index (χ1n) is 8.82. The van der Waals surface area contributed by atoms with Crippen molar-refractivity contribution >= 4 is 17.5 Å². The van der Waals surface area contributed by atoms with Crippen molar-refractivity contribution in [1.82, 2.24) is 19.9 Å². The molecule has 1 atom stereocenters. The fourth-order valence-corrected chi connectivity index (χ4v) is 3.14. The number of amides is 1. The van der Waals surface area contributed by atoms with Gasteiger partial charge in [0.25, 0.3) is 0 Å². The minimum absolute atomic E-state index is 0.245. The van der Waals surface area contributed by atoms with Gasteiger partial charge in [-0.3, -0.25) is 4.79 Å². The summed E-state index contributed by atoms with van der Waals surface area (Å²) < 4.78 is 0. The summed E-state index contributed by atoms with van der Waals surface area (Å²) in [5.41, 5.74) is 0.991. The van der Waals surface area contributed by atoms with E-state index in [1.54, 1.807) is 6.20 Å². The Labute approximate surface area is 148 Å². The van der Waals surface area contributed by atoms with Gasteiger partial charge in [0.2, 0.25) is 5.91 Å². The van der Waals surface area contributed by atoms with E-state index in [0.717, 1.165) is 42.7 Å². The van der Waals surface area contributed by atoms with Crippen molar-refractivity contribution in [2.75, 3.05) is 18.4 Å². The van der Waals surface area contributed by atoms with Crippen LogP contribution in [-0.2, 0) is 4.79 Å². The fraction of sp³-hybridized carbons (Fsp3) is 0.474. The molecule has 3 heterocycles. The number of hydrogen-bond donors (Lipinski definition) is 1. The molecule has 1 aliphatic heterocycles. The summed E-state index contributed by atoms with van der Waals surface area (Å²) in [6.45, 7) is 7.60. The standard InChI is InChI=1S/C19H25N5O/c1-13(2)10-19(25)24-9-7-15(12-24)16-11-18(22-14(3)21-16)23-17-6-4-5-8-20-17/h4-6,8,11,13,15H,7,9-10,12H2,1-3H3,(H,20,21,22,23). The second-order valence-corrected chi connectivity index (χ2v) is 6.99. The van der Waals surface area contributed by atoms with Crippen molar-refractivity contribution < 1.29 is 4.79 Å². The van der Waals surface area contributed by atoms with Crippen molar-refractivity contribution in [3.63, 3.8) is 0 Å². The molecule has 132 valence electrons. The molecular formula is C19H25N5O. The number of rotatable bonds is 5. The van der Waals surface area contributed by atoms with Gasteiger partial charge in [-0.15, -0.1) is 0 Å². The van der Waals surface area contributed by atoms with Gasteiger partial charge in [-0.1, -0.05) is 19.9 Å². The van der Waals surface area contributed by atoms with Gasteiger partial charge in [0.05, 0.1) is 5.69 Å². The SMILES string of the molecule is Cc1nc(Nc2ccccn2)cc(C2CCN(C(=O)CC(C)C)C2)n1. The Balaban J connectivity index is 1.71. The van der Waals surface area contributed by atoms with Crippen LogP contribution in [0.15, 0.2) is 30.5 Å². The van der Waals surface area contributed by atoms with E-state index >= 15 is 0 Å². The number of pyridine rings is 1. The van der Waals surface area contributed by atoms with Gasteiger partial charge in [-0.05, 0) is 31.4 Å². The minimum atomic E-state index is 0.245. The van der Waals surface area contributed by atoms with Gasteiger partial charge in [-0.2, -0.15) is 0 Å². The van der Waals surface area contributed by atoms with Crippen LogP contribution in [-0.4, -0.2) is 38.8 Å². The predicted octanol–water partition coefficient (Wildman–Crippen LogP) is 3.29. The molecule has 1 saturated heterocycles. The van der Waals surface area contributed by atoms with Gasteiger partial charge in [0, 0.05) is 37.7 Å². The quantitative estimate of drug-likeness (QED) is 0.905. The van der Waals surface area contributed by atoms with Crippen molar-refractivity contribution in [2.45, 2.75) is 39.5 Å². The first-order chi connectivity index (χ1) is 12.0. The van der Waals surface area contributed by atoms with E-state index in [2.05, 4.69) is 34.1 Å². The van der Waals surface area contributed by atoms with E-state index in [0.29, 0.717) is 12.3 Å². The summed E-state index contributed by atoms with van der Waals surface area (Å²) in [5, 5.41) is 3.23. The fourth-order valence-electron chi connectivity index (χ4n) is 3.14. The lowest BCUT2D eigenvalue weighted by Gasteiger charge is -2.18. The highest BCUT2D eigenvalue weighted by Gasteiger charge is 2.28.